The molecule has 0 aliphatic heterocycles. The Labute approximate surface area is 169 Å². The summed E-state index contributed by atoms with van der Waals surface area (Å²) < 4.78 is 27.6. The molecular formula is C17H16N4O6S2. The number of aliphatic hydroxyl groups is 1. The van der Waals surface area contributed by atoms with Crippen LogP contribution in [0.3, 0.4) is 0 Å². The molecule has 0 unspecified atom stereocenters. The average Bonchev–Trinajstić information content (AvgIpc) is 3.40. The lowest BCUT2D eigenvalue weighted by Gasteiger charge is -2.20. The van der Waals surface area contributed by atoms with Gasteiger partial charge in [-0.3, -0.25) is 14.9 Å². The molecule has 3 aromatic rings. The lowest BCUT2D eigenvalue weighted by atomic mass is 10.3. The number of non-ortho nitro benzene ring substituents is 1. The fourth-order valence-electron chi connectivity index (χ4n) is 2.52. The van der Waals surface area contributed by atoms with Gasteiger partial charge in [0.1, 0.15) is 4.21 Å². The van der Waals surface area contributed by atoms with Crippen molar-refractivity contribution in [1.29, 1.82) is 0 Å². The van der Waals surface area contributed by atoms with Crippen LogP contribution < -0.4 is 0 Å². The number of rotatable bonds is 8. The van der Waals surface area contributed by atoms with Crippen molar-refractivity contribution in [3.63, 3.8) is 0 Å². The summed E-state index contributed by atoms with van der Waals surface area (Å²) in [5.41, 5.74) is 0.0616. The van der Waals surface area contributed by atoms with E-state index in [1.807, 2.05) is 0 Å². The Morgan fingerprint density at radius 2 is 2.07 bits per heavy atom. The number of carbonyl (C=O) groups is 1. The van der Waals surface area contributed by atoms with Gasteiger partial charge in [-0.25, -0.2) is 17.4 Å². The fourth-order valence-corrected chi connectivity index (χ4v) is 5.04. The van der Waals surface area contributed by atoms with Crippen LogP contribution in [0.2, 0.25) is 0 Å². The number of amides is 1. The third kappa shape index (κ3) is 4.34. The number of sulfonamides is 1. The number of hydrogen-bond donors (Lipinski definition) is 1. The first-order valence-electron chi connectivity index (χ1n) is 8.36. The number of nitro benzene ring substituents is 1. The summed E-state index contributed by atoms with van der Waals surface area (Å²) in [4.78, 5) is 23.3. The van der Waals surface area contributed by atoms with Gasteiger partial charge < -0.3 is 5.11 Å². The zero-order valence-corrected chi connectivity index (χ0v) is 16.5. The van der Waals surface area contributed by atoms with Crippen molar-refractivity contribution in [1.82, 2.24) is 14.1 Å². The van der Waals surface area contributed by atoms with Gasteiger partial charge in [0, 0.05) is 31.5 Å². The molecule has 10 nitrogen and oxygen atoms in total. The van der Waals surface area contributed by atoms with Crippen molar-refractivity contribution in [3.05, 3.63) is 69.8 Å². The zero-order chi connectivity index (χ0) is 21.0. The highest BCUT2D eigenvalue weighted by atomic mass is 32.2. The number of aromatic nitrogens is 2. The van der Waals surface area contributed by atoms with Gasteiger partial charge in [0.2, 0.25) is 0 Å². The van der Waals surface area contributed by atoms with E-state index in [0.29, 0.717) is 9.99 Å². The Morgan fingerprint density at radius 3 is 2.72 bits per heavy atom. The normalized spacial score (nSPS) is 11.3. The van der Waals surface area contributed by atoms with Crippen molar-refractivity contribution in [2.24, 2.45) is 0 Å². The Kier molecular flexibility index (Phi) is 6.06. The minimum Gasteiger partial charge on any atom is -0.396 e. The second-order valence-electron chi connectivity index (χ2n) is 5.81. The van der Waals surface area contributed by atoms with Gasteiger partial charge >= 0.3 is 0 Å². The Hall–Kier alpha value is -3.09. The van der Waals surface area contributed by atoms with E-state index >= 15 is 0 Å². The van der Waals surface area contributed by atoms with Crippen LogP contribution in [-0.2, 0) is 10.0 Å². The van der Waals surface area contributed by atoms with Gasteiger partial charge in [-0.1, -0.05) is 12.1 Å². The van der Waals surface area contributed by atoms with Gasteiger partial charge in [0.05, 0.1) is 10.6 Å². The summed E-state index contributed by atoms with van der Waals surface area (Å²) in [5.74, 6) is -0.851. The van der Waals surface area contributed by atoms with Gasteiger partial charge in [-0.05, 0) is 30.0 Å². The van der Waals surface area contributed by atoms with Crippen LogP contribution >= 0.6 is 11.3 Å². The number of benzene rings is 1. The maximum Gasteiger partial charge on any atom is 0.288 e. The maximum atomic E-state index is 12.9. The van der Waals surface area contributed by atoms with E-state index in [2.05, 4.69) is 5.10 Å². The van der Waals surface area contributed by atoms with Crippen LogP contribution in [0.25, 0.3) is 5.69 Å². The number of hydrogen-bond acceptors (Lipinski definition) is 8. The highest BCUT2D eigenvalue weighted by Gasteiger charge is 2.31. The van der Waals surface area contributed by atoms with Crippen LogP contribution in [0.5, 0.6) is 0 Å². The standard InChI is InChI=1S/C17H16N4O6S2/c22-10-3-8-20(29(26,27)16-6-2-11-28-16)17(23)15-7-9-19(18-15)13-4-1-5-14(12-13)21(24)25/h1-2,4-7,9,11-12,22H,3,8,10H2. The van der Waals surface area contributed by atoms with Crippen molar-refractivity contribution in [2.45, 2.75) is 10.6 Å². The van der Waals surface area contributed by atoms with Crippen molar-refractivity contribution in [2.75, 3.05) is 13.2 Å². The predicted octanol–water partition coefficient (Wildman–Crippen LogP) is 2.06. The van der Waals surface area contributed by atoms with Crippen LogP contribution in [0.15, 0.2) is 58.3 Å². The molecule has 0 spiro atoms. The number of thiophene rings is 1. The summed E-state index contributed by atoms with van der Waals surface area (Å²) in [6.07, 6.45) is 1.48. The molecule has 29 heavy (non-hydrogen) atoms. The largest absolute Gasteiger partial charge is 0.396 e. The molecular weight excluding hydrogens is 420 g/mol. The molecule has 3 rings (SSSR count). The minimum absolute atomic E-state index is 0.00177. The molecule has 12 heteroatoms. The highest BCUT2D eigenvalue weighted by Crippen LogP contribution is 2.23. The second kappa shape index (κ2) is 8.51. The van der Waals surface area contributed by atoms with E-state index in [0.717, 1.165) is 11.3 Å². The first kappa shape index (κ1) is 20.6. The molecule has 152 valence electrons. The summed E-state index contributed by atoms with van der Waals surface area (Å²) in [6.45, 7) is -0.495. The SMILES string of the molecule is O=C(c1ccn(-c2cccc([N+](=O)[O-])c2)n1)N(CCCO)S(=O)(=O)c1cccs1. The molecule has 0 radical (unpaired) electrons. The van der Waals surface area contributed by atoms with Gasteiger partial charge in [-0.2, -0.15) is 5.10 Å². The van der Waals surface area contributed by atoms with Crippen LogP contribution in [0, 0.1) is 10.1 Å². The van der Waals surface area contributed by atoms with Gasteiger partial charge in [0.25, 0.3) is 21.6 Å². The summed E-state index contributed by atoms with van der Waals surface area (Å²) >= 11 is 0.977. The monoisotopic (exact) mass is 436 g/mol. The quantitative estimate of drug-likeness (QED) is 0.422. The van der Waals surface area contributed by atoms with Gasteiger partial charge in [-0.15, -0.1) is 11.3 Å². The topological polar surface area (TPSA) is 136 Å². The van der Waals surface area contributed by atoms with E-state index in [-0.39, 0.29) is 35.2 Å². The molecule has 0 saturated heterocycles. The molecule has 0 bridgehead atoms. The fraction of sp³-hybridized carbons (Fsp3) is 0.176. The Balaban J connectivity index is 1.93. The van der Waals surface area contributed by atoms with Crippen molar-refractivity contribution < 1.29 is 23.2 Å². The number of nitro groups is 1. The number of aliphatic hydroxyl groups excluding tert-OH is 1. The lowest BCUT2D eigenvalue weighted by Crippen LogP contribution is -2.38. The van der Waals surface area contributed by atoms with E-state index in [1.165, 1.54) is 41.2 Å². The molecule has 2 heterocycles. The molecule has 1 N–H and O–H groups in total. The molecule has 0 atom stereocenters. The molecule has 0 saturated carbocycles. The van der Waals surface area contributed by atoms with Crippen LogP contribution in [-0.4, -0.2) is 51.6 Å². The van der Waals surface area contributed by atoms with E-state index in [9.17, 15) is 23.3 Å². The predicted molar refractivity (Wildman–Crippen MR) is 104 cm³/mol. The smallest absolute Gasteiger partial charge is 0.288 e. The molecule has 1 aromatic carbocycles. The zero-order valence-electron chi connectivity index (χ0n) is 14.9. The Morgan fingerprint density at radius 1 is 1.28 bits per heavy atom. The summed E-state index contributed by atoms with van der Waals surface area (Å²) in [6, 6.07) is 9.93. The van der Waals surface area contributed by atoms with Crippen molar-refractivity contribution >= 4 is 33.0 Å². The minimum atomic E-state index is -4.10. The molecule has 0 aliphatic carbocycles. The van der Waals surface area contributed by atoms with Crippen LogP contribution in [0.1, 0.15) is 16.9 Å². The average molecular weight is 436 g/mol. The third-order valence-corrected chi connectivity index (χ3v) is 7.05. The molecule has 0 aliphatic rings. The Bertz CT molecular complexity index is 1120. The number of carbonyl (C=O) groups excluding carboxylic acids is 1. The molecule has 1 amide bonds. The van der Waals surface area contributed by atoms with E-state index in [4.69, 9.17) is 5.11 Å². The van der Waals surface area contributed by atoms with E-state index < -0.39 is 20.9 Å². The first-order valence-corrected chi connectivity index (χ1v) is 10.7. The highest BCUT2D eigenvalue weighted by molar-refractivity contribution is 7.91. The number of nitrogens with zero attached hydrogens (tertiary/aromatic N) is 4. The third-order valence-electron chi connectivity index (χ3n) is 3.90. The van der Waals surface area contributed by atoms with Crippen LogP contribution in [0.4, 0.5) is 5.69 Å². The second-order valence-corrected chi connectivity index (χ2v) is 8.85. The molecule has 2 aromatic heterocycles. The maximum absolute atomic E-state index is 12.9. The van der Waals surface area contributed by atoms with Gasteiger partial charge in [0.15, 0.2) is 5.69 Å². The molecule has 0 fully saturated rings. The summed E-state index contributed by atoms with van der Waals surface area (Å²) in [5, 5.41) is 25.7. The van der Waals surface area contributed by atoms with E-state index in [1.54, 1.807) is 17.5 Å². The van der Waals surface area contributed by atoms with Crippen molar-refractivity contribution in [3.8, 4) is 5.69 Å². The lowest BCUT2D eigenvalue weighted by molar-refractivity contribution is -0.384. The summed E-state index contributed by atoms with van der Waals surface area (Å²) in [7, 11) is -4.10. The first-order chi connectivity index (χ1) is 13.8.